The van der Waals surface area contributed by atoms with E-state index >= 15 is 0 Å². The highest BCUT2D eigenvalue weighted by Gasteiger charge is 1.91. The third-order valence-corrected chi connectivity index (χ3v) is 1.02. The van der Waals surface area contributed by atoms with Crippen molar-refractivity contribution in [3.05, 3.63) is 0 Å². The molecule has 0 aliphatic heterocycles. The van der Waals surface area contributed by atoms with Crippen molar-refractivity contribution in [1.29, 1.82) is 0 Å². The SMILES string of the molecule is CC(Cl)CCCN. The average molecular weight is 122 g/mol. The highest BCUT2D eigenvalue weighted by atomic mass is 35.5. The average Bonchev–Trinajstić information content (AvgIpc) is 1.61. The van der Waals surface area contributed by atoms with Crippen molar-refractivity contribution in [2.45, 2.75) is 25.1 Å². The van der Waals surface area contributed by atoms with Crippen LogP contribution in [0.3, 0.4) is 0 Å². The molecule has 0 fully saturated rings. The number of hydrogen-bond donors (Lipinski definition) is 1. The fraction of sp³-hybridized carbons (Fsp3) is 1.00. The predicted octanol–water partition coefficient (Wildman–Crippen LogP) is 1.35. The summed E-state index contributed by atoms with van der Waals surface area (Å²) in [6.45, 7) is 2.74. The predicted molar refractivity (Wildman–Crippen MR) is 33.6 cm³/mol. The first kappa shape index (κ1) is 7.25. The molecular formula is C5H12ClN. The number of hydrogen-bond acceptors (Lipinski definition) is 1. The maximum atomic E-state index is 5.60. The lowest BCUT2D eigenvalue weighted by molar-refractivity contribution is 0.733. The van der Waals surface area contributed by atoms with Crippen LogP contribution in [0.4, 0.5) is 0 Å². The Bertz CT molecular complexity index is 37.1. The largest absolute Gasteiger partial charge is 0.330 e. The first-order valence-electron chi connectivity index (χ1n) is 2.61. The summed E-state index contributed by atoms with van der Waals surface area (Å²) >= 11 is 5.60. The second-order valence-electron chi connectivity index (χ2n) is 1.71. The molecule has 0 saturated heterocycles. The van der Waals surface area contributed by atoms with Crippen LogP contribution in [0.1, 0.15) is 19.8 Å². The van der Waals surface area contributed by atoms with Crippen molar-refractivity contribution in [2.75, 3.05) is 6.54 Å². The maximum absolute atomic E-state index is 5.60. The van der Waals surface area contributed by atoms with Crippen LogP contribution in [0.25, 0.3) is 0 Å². The lowest BCUT2D eigenvalue weighted by atomic mass is 10.2. The first-order valence-corrected chi connectivity index (χ1v) is 3.05. The van der Waals surface area contributed by atoms with Crippen LogP contribution in [0.2, 0.25) is 0 Å². The molecule has 0 aliphatic rings. The molecular weight excluding hydrogens is 110 g/mol. The molecule has 0 aromatic heterocycles. The van der Waals surface area contributed by atoms with Crippen molar-refractivity contribution in [3.8, 4) is 0 Å². The summed E-state index contributed by atoms with van der Waals surface area (Å²) in [6.07, 6.45) is 2.09. The third-order valence-electron chi connectivity index (χ3n) is 0.806. The number of alkyl halides is 1. The Kier molecular flexibility index (Phi) is 4.57. The summed E-state index contributed by atoms with van der Waals surface area (Å²) in [7, 11) is 0. The van der Waals surface area contributed by atoms with E-state index in [0.29, 0.717) is 5.38 Å². The Morgan fingerprint density at radius 3 is 2.43 bits per heavy atom. The Morgan fingerprint density at radius 2 is 2.29 bits per heavy atom. The van der Waals surface area contributed by atoms with Gasteiger partial charge in [-0.05, 0) is 26.3 Å². The van der Waals surface area contributed by atoms with Gasteiger partial charge in [0.25, 0.3) is 0 Å². The van der Waals surface area contributed by atoms with Crippen molar-refractivity contribution < 1.29 is 0 Å². The molecule has 0 heterocycles. The highest BCUT2D eigenvalue weighted by Crippen LogP contribution is 2.00. The summed E-state index contributed by atoms with van der Waals surface area (Å²) in [5.41, 5.74) is 5.22. The molecule has 0 rings (SSSR count). The van der Waals surface area contributed by atoms with E-state index < -0.39 is 0 Å². The normalized spacial score (nSPS) is 14.1. The summed E-state index contributed by atoms with van der Waals surface area (Å²) < 4.78 is 0. The molecule has 44 valence electrons. The van der Waals surface area contributed by atoms with Gasteiger partial charge in [0.2, 0.25) is 0 Å². The minimum absolute atomic E-state index is 0.295. The molecule has 0 radical (unpaired) electrons. The first-order chi connectivity index (χ1) is 3.27. The van der Waals surface area contributed by atoms with E-state index in [1.54, 1.807) is 0 Å². The van der Waals surface area contributed by atoms with Crippen molar-refractivity contribution in [3.63, 3.8) is 0 Å². The Hall–Kier alpha value is 0.250. The van der Waals surface area contributed by atoms with Gasteiger partial charge in [-0.15, -0.1) is 11.6 Å². The van der Waals surface area contributed by atoms with Crippen LogP contribution in [-0.2, 0) is 0 Å². The molecule has 2 N–H and O–H groups in total. The summed E-state index contributed by atoms with van der Waals surface area (Å²) in [4.78, 5) is 0. The van der Waals surface area contributed by atoms with Gasteiger partial charge in [0.1, 0.15) is 0 Å². The van der Waals surface area contributed by atoms with E-state index in [1.807, 2.05) is 6.92 Å². The molecule has 0 spiro atoms. The van der Waals surface area contributed by atoms with Gasteiger partial charge >= 0.3 is 0 Å². The zero-order chi connectivity index (χ0) is 5.70. The lowest BCUT2D eigenvalue weighted by Crippen LogP contribution is -2.01. The Balaban J connectivity index is 2.68. The molecule has 0 aliphatic carbocycles. The van der Waals surface area contributed by atoms with Crippen molar-refractivity contribution >= 4 is 11.6 Å². The molecule has 1 atom stereocenters. The van der Waals surface area contributed by atoms with Gasteiger partial charge in [0, 0.05) is 5.38 Å². The minimum Gasteiger partial charge on any atom is -0.330 e. The lowest BCUT2D eigenvalue weighted by Gasteiger charge is -1.96. The van der Waals surface area contributed by atoms with Gasteiger partial charge in [-0.1, -0.05) is 0 Å². The fourth-order valence-corrected chi connectivity index (χ4v) is 0.553. The topological polar surface area (TPSA) is 26.0 Å². The van der Waals surface area contributed by atoms with E-state index in [4.69, 9.17) is 17.3 Å². The molecule has 1 unspecified atom stereocenters. The molecule has 2 heteroatoms. The Morgan fingerprint density at radius 1 is 1.71 bits per heavy atom. The molecule has 7 heavy (non-hydrogen) atoms. The standard InChI is InChI=1S/C5H12ClN/c1-5(6)3-2-4-7/h5H,2-4,7H2,1H3. The second kappa shape index (κ2) is 4.41. The van der Waals surface area contributed by atoms with Gasteiger partial charge in [0.05, 0.1) is 0 Å². The molecule has 0 bridgehead atoms. The van der Waals surface area contributed by atoms with Crippen LogP contribution in [0.15, 0.2) is 0 Å². The molecule has 0 saturated carbocycles. The third kappa shape index (κ3) is 6.25. The van der Waals surface area contributed by atoms with Crippen LogP contribution in [0.5, 0.6) is 0 Å². The second-order valence-corrected chi connectivity index (χ2v) is 2.46. The van der Waals surface area contributed by atoms with E-state index in [-0.39, 0.29) is 0 Å². The van der Waals surface area contributed by atoms with E-state index in [1.165, 1.54) is 0 Å². The number of nitrogens with two attached hydrogens (primary N) is 1. The highest BCUT2D eigenvalue weighted by molar-refractivity contribution is 6.20. The molecule has 1 nitrogen and oxygen atoms in total. The van der Waals surface area contributed by atoms with E-state index in [9.17, 15) is 0 Å². The number of rotatable bonds is 3. The summed E-state index contributed by atoms with van der Waals surface area (Å²) in [5, 5.41) is 0.295. The molecule has 0 amide bonds. The van der Waals surface area contributed by atoms with Crippen LogP contribution >= 0.6 is 11.6 Å². The van der Waals surface area contributed by atoms with Gasteiger partial charge in [-0.25, -0.2) is 0 Å². The van der Waals surface area contributed by atoms with Gasteiger partial charge in [-0.2, -0.15) is 0 Å². The number of halogens is 1. The van der Waals surface area contributed by atoms with E-state index in [2.05, 4.69) is 0 Å². The van der Waals surface area contributed by atoms with Gasteiger partial charge in [-0.3, -0.25) is 0 Å². The zero-order valence-corrected chi connectivity index (χ0v) is 5.41. The smallest absolute Gasteiger partial charge is 0.0308 e. The zero-order valence-electron chi connectivity index (χ0n) is 4.65. The van der Waals surface area contributed by atoms with E-state index in [0.717, 1.165) is 19.4 Å². The van der Waals surface area contributed by atoms with Gasteiger partial charge < -0.3 is 5.73 Å². The van der Waals surface area contributed by atoms with Gasteiger partial charge in [0.15, 0.2) is 0 Å². The monoisotopic (exact) mass is 121 g/mol. The summed E-state index contributed by atoms with van der Waals surface area (Å²) in [5.74, 6) is 0. The van der Waals surface area contributed by atoms with Crippen LogP contribution < -0.4 is 5.73 Å². The molecule has 0 aromatic rings. The van der Waals surface area contributed by atoms with Crippen molar-refractivity contribution in [1.82, 2.24) is 0 Å². The summed E-state index contributed by atoms with van der Waals surface area (Å²) in [6, 6.07) is 0. The quantitative estimate of drug-likeness (QED) is 0.561. The Labute approximate surface area is 49.8 Å². The van der Waals surface area contributed by atoms with Crippen LogP contribution in [0, 0.1) is 0 Å². The minimum atomic E-state index is 0.295. The molecule has 0 aromatic carbocycles. The fourth-order valence-electron chi connectivity index (χ4n) is 0.399. The maximum Gasteiger partial charge on any atom is 0.0308 e. The van der Waals surface area contributed by atoms with Crippen LogP contribution in [-0.4, -0.2) is 11.9 Å². The van der Waals surface area contributed by atoms with Crippen molar-refractivity contribution in [2.24, 2.45) is 5.73 Å².